The predicted octanol–water partition coefficient (Wildman–Crippen LogP) is 6.99. The van der Waals surface area contributed by atoms with Crippen LogP contribution in [-0.4, -0.2) is 27.6 Å². The van der Waals surface area contributed by atoms with E-state index in [-0.39, 0.29) is 23.2 Å². The highest BCUT2D eigenvalue weighted by Crippen LogP contribution is 2.72. The van der Waals surface area contributed by atoms with Gasteiger partial charge < -0.3 is 10.2 Å². The summed E-state index contributed by atoms with van der Waals surface area (Å²) in [4.78, 5) is 0. The summed E-state index contributed by atoms with van der Waals surface area (Å²) in [5.74, 6) is 10.5. The first-order valence-electron chi connectivity index (χ1n) is 14.2. The third kappa shape index (κ3) is 3.74. The summed E-state index contributed by atoms with van der Waals surface area (Å²) in [5, 5.41) is 21.1. The van der Waals surface area contributed by atoms with E-state index < -0.39 is 17.4 Å². The molecule has 0 aromatic carbocycles. The van der Waals surface area contributed by atoms with Gasteiger partial charge in [-0.25, -0.2) is 0 Å². The van der Waals surface area contributed by atoms with E-state index in [1.165, 1.54) is 19.3 Å². The first kappa shape index (κ1) is 25.9. The zero-order chi connectivity index (χ0) is 25.6. The maximum Gasteiger partial charge on any atom is 0.416 e. The zero-order valence-corrected chi connectivity index (χ0v) is 22.2. The maximum absolute atomic E-state index is 13.3. The van der Waals surface area contributed by atoms with Crippen molar-refractivity contribution in [3.05, 3.63) is 0 Å². The van der Waals surface area contributed by atoms with Gasteiger partial charge in [-0.3, -0.25) is 0 Å². The van der Waals surface area contributed by atoms with Gasteiger partial charge in [0.2, 0.25) is 0 Å². The molecule has 4 saturated carbocycles. The Kier molecular flexibility index (Phi) is 6.02. The van der Waals surface area contributed by atoms with Crippen LogP contribution in [0.2, 0.25) is 0 Å². The van der Waals surface area contributed by atoms with Crippen molar-refractivity contribution in [1.29, 1.82) is 0 Å². The van der Waals surface area contributed by atoms with Crippen LogP contribution in [0.5, 0.6) is 0 Å². The molecule has 0 amide bonds. The van der Waals surface area contributed by atoms with Crippen LogP contribution in [0, 0.1) is 70.0 Å². The minimum absolute atomic E-state index is 0.0958. The fourth-order valence-corrected chi connectivity index (χ4v) is 10.1. The second-order valence-corrected chi connectivity index (χ2v) is 14.1. The lowest BCUT2D eigenvalue weighted by molar-refractivity contribution is -0.256. The van der Waals surface area contributed by atoms with Gasteiger partial charge in [0.05, 0.1) is 5.60 Å². The van der Waals surface area contributed by atoms with Crippen LogP contribution in [0.3, 0.4) is 0 Å². The van der Waals surface area contributed by atoms with Crippen molar-refractivity contribution in [2.24, 2.45) is 58.2 Å². The largest absolute Gasteiger partial charge is 0.416 e. The number of hydrogen-bond donors (Lipinski definition) is 2. The normalized spacial score (nSPS) is 50.9. The third-order valence-electron chi connectivity index (χ3n) is 12.4. The summed E-state index contributed by atoms with van der Waals surface area (Å²) in [6.45, 7) is 10.1. The van der Waals surface area contributed by atoms with Crippen molar-refractivity contribution in [2.75, 3.05) is 0 Å². The van der Waals surface area contributed by atoms with Gasteiger partial charge >= 0.3 is 6.18 Å². The van der Waals surface area contributed by atoms with Crippen LogP contribution in [0.15, 0.2) is 0 Å². The Bertz CT molecular complexity index is 902. The number of halogens is 3. The standard InChI is InChI=1S/C30H45F3O2/c1-6-29(35)16-15-26(3)19(17-29)7-8-22-23(26)12-13-27(4)24(20-9-10-21(20)25(22)27)18(2)11-14-28(5,34)30(31,32)33/h18-25,34-35H,6-8,11-17H2,1-5H3/t18-,19+,20-,21+,22-,23+,24+,25+,26+,27-,28+,29+/m1/s1. The molecule has 5 heteroatoms. The minimum atomic E-state index is -4.59. The Morgan fingerprint density at radius 3 is 2.29 bits per heavy atom. The van der Waals surface area contributed by atoms with Crippen molar-refractivity contribution >= 4 is 0 Å². The minimum Gasteiger partial charge on any atom is -0.390 e. The van der Waals surface area contributed by atoms with Crippen molar-refractivity contribution in [1.82, 2.24) is 0 Å². The lowest BCUT2D eigenvalue weighted by atomic mass is 9.43. The van der Waals surface area contributed by atoms with Crippen molar-refractivity contribution in [3.63, 3.8) is 0 Å². The van der Waals surface area contributed by atoms with Gasteiger partial charge in [-0.1, -0.05) is 39.5 Å². The molecule has 0 heterocycles. The van der Waals surface area contributed by atoms with Gasteiger partial charge in [-0.2, -0.15) is 13.2 Å². The lowest BCUT2D eigenvalue weighted by Gasteiger charge is -2.62. The number of aliphatic hydroxyl groups is 2. The maximum atomic E-state index is 13.3. The molecule has 0 spiro atoms. The van der Waals surface area contributed by atoms with Crippen LogP contribution in [0.4, 0.5) is 13.2 Å². The SMILES string of the molecule is CC[C@]1(O)CC[C@@]2(C)[C@@H](CC[C@H]3[C@@H]4[C@H]5C#C[C@H]5[C@H]([C@H](C)CC[C@](C)(O)C(F)(F)F)[C@@]4(C)CC[C@@H]32)C1. The number of hydrogen-bond acceptors (Lipinski definition) is 2. The molecule has 2 N–H and O–H groups in total. The molecule has 0 saturated heterocycles. The van der Waals surface area contributed by atoms with Gasteiger partial charge in [0, 0.05) is 11.8 Å². The van der Waals surface area contributed by atoms with E-state index in [1.807, 2.05) is 0 Å². The fourth-order valence-electron chi connectivity index (χ4n) is 10.1. The topological polar surface area (TPSA) is 40.5 Å². The monoisotopic (exact) mass is 494 g/mol. The van der Waals surface area contributed by atoms with Gasteiger partial charge in [-0.15, -0.1) is 0 Å². The van der Waals surface area contributed by atoms with Crippen LogP contribution < -0.4 is 0 Å². The smallest absolute Gasteiger partial charge is 0.390 e. The Morgan fingerprint density at radius 1 is 1.00 bits per heavy atom. The first-order chi connectivity index (χ1) is 16.2. The molecular weight excluding hydrogens is 449 g/mol. The van der Waals surface area contributed by atoms with E-state index in [4.69, 9.17) is 0 Å². The van der Waals surface area contributed by atoms with E-state index in [0.29, 0.717) is 47.8 Å². The molecule has 35 heavy (non-hydrogen) atoms. The number of fused-ring (bicyclic) bond motifs is 7. The lowest BCUT2D eigenvalue weighted by Crippen LogP contribution is -2.56. The van der Waals surface area contributed by atoms with Gasteiger partial charge in [0.15, 0.2) is 5.60 Å². The second-order valence-electron chi connectivity index (χ2n) is 14.1. The number of alkyl halides is 3. The summed E-state index contributed by atoms with van der Waals surface area (Å²) >= 11 is 0. The third-order valence-corrected chi connectivity index (χ3v) is 12.4. The summed E-state index contributed by atoms with van der Waals surface area (Å²) in [7, 11) is 0. The molecule has 5 rings (SSSR count). The molecule has 12 atom stereocenters. The molecule has 0 bridgehead atoms. The molecule has 0 aliphatic heterocycles. The van der Waals surface area contributed by atoms with E-state index in [1.54, 1.807) is 0 Å². The predicted molar refractivity (Wildman–Crippen MR) is 131 cm³/mol. The Hall–Kier alpha value is -0.730. The highest BCUT2D eigenvalue weighted by Gasteiger charge is 2.67. The zero-order valence-electron chi connectivity index (χ0n) is 22.2. The fraction of sp³-hybridized carbons (Fsp3) is 0.933. The molecule has 5 aliphatic carbocycles. The molecule has 198 valence electrons. The molecule has 0 aromatic heterocycles. The second kappa shape index (κ2) is 8.13. The van der Waals surface area contributed by atoms with E-state index in [2.05, 4.69) is 39.5 Å². The van der Waals surface area contributed by atoms with Crippen molar-refractivity contribution < 1.29 is 23.4 Å². The molecule has 2 nitrogen and oxygen atoms in total. The highest BCUT2D eigenvalue weighted by atomic mass is 19.4. The molecule has 0 radical (unpaired) electrons. The molecular formula is C30H45F3O2. The van der Waals surface area contributed by atoms with Crippen LogP contribution in [0.1, 0.15) is 98.8 Å². The van der Waals surface area contributed by atoms with Crippen LogP contribution in [-0.2, 0) is 0 Å². The molecule has 4 fully saturated rings. The van der Waals surface area contributed by atoms with Gasteiger partial charge in [-0.05, 0) is 117 Å². The Morgan fingerprint density at radius 2 is 1.69 bits per heavy atom. The average Bonchev–Trinajstić information content (AvgIpc) is 2.94. The van der Waals surface area contributed by atoms with E-state index >= 15 is 0 Å². The van der Waals surface area contributed by atoms with Gasteiger partial charge in [0.1, 0.15) is 0 Å². The highest BCUT2D eigenvalue weighted by molar-refractivity contribution is 5.33. The van der Waals surface area contributed by atoms with Crippen LogP contribution in [0.25, 0.3) is 0 Å². The molecule has 0 aromatic rings. The first-order valence-corrected chi connectivity index (χ1v) is 14.2. The van der Waals surface area contributed by atoms with Crippen molar-refractivity contribution in [2.45, 2.75) is 116 Å². The molecule has 0 unspecified atom stereocenters. The van der Waals surface area contributed by atoms with Gasteiger partial charge in [0.25, 0.3) is 0 Å². The summed E-state index contributed by atoms with van der Waals surface area (Å²) in [6, 6.07) is 0. The average molecular weight is 495 g/mol. The Balaban J connectivity index is 1.36. The van der Waals surface area contributed by atoms with E-state index in [0.717, 1.165) is 39.0 Å². The summed E-state index contributed by atoms with van der Waals surface area (Å²) < 4.78 is 39.9. The van der Waals surface area contributed by atoms with Crippen molar-refractivity contribution in [3.8, 4) is 11.8 Å². The quantitative estimate of drug-likeness (QED) is 0.405. The van der Waals surface area contributed by atoms with E-state index in [9.17, 15) is 23.4 Å². The number of rotatable bonds is 5. The summed E-state index contributed by atoms with van der Waals surface area (Å²) in [5.41, 5.74) is -2.74. The molecule has 5 aliphatic rings. The van der Waals surface area contributed by atoms with Crippen LogP contribution >= 0.6 is 0 Å². The summed E-state index contributed by atoms with van der Waals surface area (Å²) in [6.07, 6.45) is 4.06. The Labute approximate surface area is 209 Å².